The van der Waals surface area contributed by atoms with Crippen LogP contribution in [0.3, 0.4) is 0 Å². The SMILES string of the molecule is CN=C(C)Nc1n[nH]c(C(C)c2cccc(C(=O)c3ccccc3)c2)n1. The molecular formula is C20H21N5O. The van der Waals surface area contributed by atoms with Crippen LogP contribution < -0.4 is 5.32 Å². The quantitative estimate of drug-likeness (QED) is 0.419. The zero-order chi connectivity index (χ0) is 18.5. The van der Waals surface area contributed by atoms with Crippen molar-refractivity contribution < 1.29 is 4.79 Å². The summed E-state index contributed by atoms with van der Waals surface area (Å²) in [6.07, 6.45) is 0. The highest BCUT2D eigenvalue weighted by Crippen LogP contribution is 2.23. The minimum absolute atomic E-state index is 0.00866. The lowest BCUT2D eigenvalue weighted by molar-refractivity contribution is 0.103. The van der Waals surface area contributed by atoms with Gasteiger partial charge in [-0.3, -0.25) is 14.9 Å². The van der Waals surface area contributed by atoms with Crippen molar-refractivity contribution in [2.45, 2.75) is 19.8 Å². The van der Waals surface area contributed by atoms with E-state index in [2.05, 4.69) is 25.5 Å². The van der Waals surface area contributed by atoms with Crippen LogP contribution >= 0.6 is 0 Å². The number of aromatic amines is 1. The minimum Gasteiger partial charge on any atom is -0.312 e. The maximum absolute atomic E-state index is 12.7. The Bertz CT molecular complexity index is 930. The van der Waals surface area contributed by atoms with Crippen molar-refractivity contribution in [2.75, 3.05) is 12.4 Å². The molecular weight excluding hydrogens is 326 g/mol. The molecule has 1 unspecified atom stereocenters. The van der Waals surface area contributed by atoms with E-state index in [0.29, 0.717) is 17.1 Å². The fourth-order valence-electron chi connectivity index (χ4n) is 2.60. The molecule has 0 aliphatic rings. The van der Waals surface area contributed by atoms with Gasteiger partial charge in [-0.2, -0.15) is 4.98 Å². The van der Waals surface area contributed by atoms with E-state index >= 15 is 0 Å². The second-order valence-corrected chi connectivity index (χ2v) is 6.02. The van der Waals surface area contributed by atoms with Crippen molar-refractivity contribution in [3.05, 3.63) is 77.1 Å². The van der Waals surface area contributed by atoms with Crippen LogP contribution in [0.4, 0.5) is 5.95 Å². The van der Waals surface area contributed by atoms with Gasteiger partial charge in [0.1, 0.15) is 5.82 Å². The van der Waals surface area contributed by atoms with E-state index in [1.54, 1.807) is 7.05 Å². The van der Waals surface area contributed by atoms with Gasteiger partial charge < -0.3 is 5.32 Å². The third-order valence-electron chi connectivity index (χ3n) is 4.23. The number of benzene rings is 2. The molecule has 6 heteroatoms. The zero-order valence-corrected chi connectivity index (χ0v) is 15.0. The van der Waals surface area contributed by atoms with Crippen LogP contribution in [0.15, 0.2) is 59.6 Å². The Hall–Kier alpha value is -3.28. The third kappa shape index (κ3) is 3.85. The van der Waals surface area contributed by atoms with Gasteiger partial charge in [0, 0.05) is 24.1 Å². The largest absolute Gasteiger partial charge is 0.312 e. The van der Waals surface area contributed by atoms with Crippen LogP contribution in [0, 0.1) is 0 Å². The summed E-state index contributed by atoms with van der Waals surface area (Å²) in [6, 6.07) is 16.9. The van der Waals surface area contributed by atoms with Gasteiger partial charge in [-0.1, -0.05) is 55.5 Å². The Kier molecular flexibility index (Phi) is 5.22. The molecule has 0 amide bonds. The number of carbonyl (C=O) groups is 1. The maximum atomic E-state index is 12.7. The summed E-state index contributed by atoms with van der Waals surface area (Å²) >= 11 is 0. The standard InChI is InChI=1S/C20H21N5O/c1-13(19-23-20(25-24-19)22-14(2)21-3)16-10-7-11-17(12-16)18(26)15-8-5-4-6-9-15/h4-13H,1-3H3,(H2,21,22,23,24,25). The number of ketones is 1. The average Bonchev–Trinajstić information content (AvgIpc) is 3.15. The molecule has 0 aliphatic heterocycles. The summed E-state index contributed by atoms with van der Waals surface area (Å²) in [5, 5.41) is 10.1. The van der Waals surface area contributed by atoms with Gasteiger partial charge in [-0.25, -0.2) is 0 Å². The van der Waals surface area contributed by atoms with Crippen molar-refractivity contribution in [3.8, 4) is 0 Å². The number of hydrogen-bond acceptors (Lipinski definition) is 4. The number of amidine groups is 1. The second-order valence-electron chi connectivity index (χ2n) is 6.02. The highest BCUT2D eigenvalue weighted by atomic mass is 16.1. The summed E-state index contributed by atoms with van der Waals surface area (Å²) in [5.41, 5.74) is 2.33. The van der Waals surface area contributed by atoms with Crippen LogP contribution in [0.25, 0.3) is 0 Å². The van der Waals surface area contributed by atoms with Crippen LogP contribution in [0.2, 0.25) is 0 Å². The molecule has 0 fully saturated rings. The number of carbonyl (C=O) groups excluding carboxylic acids is 1. The number of nitrogens with one attached hydrogen (secondary N) is 2. The number of H-pyrrole nitrogens is 1. The van der Waals surface area contributed by atoms with E-state index < -0.39 is 0 Å². The van der Waals surface area contributed by atoms with Crippen molar-refractivity contribution >= 4 is 17.6 Å². The van der Waals surface area contributed by atoms with E-state index in [9.17, 15) is 4.79 Å². The second kappa shape index (κ2) is 7.74. The number of nitrogens with zero attached hydrogens (tertiary/aromatic N) is 3. The molecule has 1 atom stereocenters. The smallest absolute Gasteiger partial charge is 0.247 e. The molecule has 1 aromatic heterocycles. The Morgan fingerprint density at radius 2 is 1.85 bits per heavy atom. The topological polar surface area (TPSA) is 83.0 Å². The molecule has 6 nitrogen and oxygen atoms in total. The normalized spacial score (nSPS) is 12.7. The first kappa shape index (κ1) is 17.5. The Labute approximate surface area is 152 Å². The first-order valence-electron chi connectivity index (χ1n) is 8.41. The molecule has 0 aliphatic carbocycles. The van der Waals surface area contributed by atoms with E-state index in [4.69, 9.17) is 0 Å². The number of aliphatic imine (C=N–C) groups is 1. The van der Waals surface area contributed by atoms with E-state index in [0.717, 1.165) is 17.2 Å². The Morgan fingerprint density at radius 1 is 1.12 bits per heavy atom. The molecule has 0 spiro atoms. The lowest BCUT2D eigenvalue weighted by Crippen LogP contribution is -2.08. The summed E-state index contributed by atoms with van der Waals surface area (Å²) in [5.74, 6) is 1.92. The number of rotatable bonds is 5. The van der Waals surface area contributed by atoms with Crippen molar-refractivity contribution in [3.63, 3.8) is 0 Å². The number of hydrogen-bond donors (Lipinski definition) is 2. The molecule has 0 radical (unpaired) electrons. The van der Waals surface area contributed by atoms with Crippen molar-refractivity contribution in [1.29, 1.82) is 0 Å². The molecule has 26 heavy (non-hydrogen) atoms. The molecule has 3 rings (SSSR count). The molecule has 0 bridgehead atoms. The maximum Gasteiger partial charge on any atom is 0.247 e. The molecule has 2 N–H and O–H groups in total. The van der Waals surface area contributed by atoms with Gasteiger partial charge in [0.2, 0.25) is 5.95 Å². The van der Waals surface area contributed by atoms with Gasteiger partial charge in [0.15, 0.2) is 5.78 Å². The van der Waals surface area contributed by atoms with Crippen LogP contribution in [0.1, 0.15) is 47.1 Å². The average molecular weight is 347 g/mol. The van der Waals surface area contributed by atoms with Crippen LogP contribution in [0.5, 0.6) is 0 Å². The van der Waals surface area contributed by atoms with Gasteiger partial charge in [-0.15, -0.1) is 5.10 Å². The third-order valence-corrected chi connectivity index (χ3v) is 4.23. The fourth-order valence-corrected chi connectivity index (χ4v) is 2.60. The summed E-state index contributed by atoms with van der Waals surface area (Å²) in [7, 11) is 1.70. The first-order chi connectivity index (χ1) is 12.6. The minimum atomic E-state index is -0.0274. The highest BCUT2D eigenvalue weighted by Gasteiger charge is 2.16. The van der Waals surface area contributed by atoms with E-state index in [1.807, 2.05) is 68.4 Å². The highest BCUT2D eigenvalue weighted by molar-refractivity contribution is 6.09. The van der Waals surface area contributed by atoms with Gasteiger partial charge in [0.25, 0.3) is 0 Å². The van der Waals surface area contributed by atoms with Gasteiger partial charge in [-0.05, 0) is 18.6 Å². The Morgan fingerprint density at radius 3 is 2.58 bits per heavy atom. The van der Waals surface area contributed by atoms with Crippen LogP contribution in [-0.4, -0.2) is 33.8 Å². The first-order valence-corrected chi connectivity index (χ1v) is 8.41. The van der Waals surface area contributed by atoms with E-state index in [1.165, 1.54) is 0 Å². The molecule has 2 aromatic carbocycles. The lowest BCUT2D eigenvalue weighted by atomic mass is 9.95. The van der Waals surface area contributed by atoms with Crippen LogP contribution in [-0.2, 0) is 0 Å². The molecule has 0 saturated heterocycles. The van der Waals surface area contributed by atoms with Crippen molar-refractivity contribution in [2.24, 2.45) is 4.99 Å². The Balaban J connectivity index is 1.82. The summed E-state index contributed by atoms with van der Waals surface area (Å²) in [4.78, 5) is 21.2. The monoisotopic (exact) mass is 347 g/mol. The molecule has 0 saturated carbocycles. The predicted octanol–water partition coefficient (Wildman–Crippen LogP) is 3.65. The van der Waals surface area contributed by atoms with E-state index in [-0.39, 0.29) is 11.7 Å². The van der Waals surface area contributed by atoms with Crippen molar-refractivity contribution in [1.82, 2.24) is 15.2 Å². The molecule has 1 heterocycles. The zero-order valence-electron chi connectivity index (χ0n) is 15.0. The molecule has 3 aromatic rings. The van der Waals surface area contributed by atoms with Gasteiger partial charge >= 0.3 is 0 Å². The van der Waals surface area contributed by atoms with Gasteiger partial charge in [0.05, 0.1) is 5.84 Å². The molecule has 132 valence electrons. The summed E-state index contributed by atoms with van der Waals surface area (Å²) in [6.45, 7) is 3.87. The fraction of sp³-hybridized carbons (Fsp3) is 0.200. The number of aromatic nitrogens is 3. The predicted molar refractivity (Wildman–Crippen MR) is 103 cm³/mol. The summed E-state index contributed by atoms with van der Waals surface area (Å²) < 4.78 is 0. The number of anilines is 1. The lowest BCUT2D eigenvalue weighted by Gasteiger charge is -2.10.